The molecule has 0 aliphatic heterocycles. The number of halogens is 1. The molecular formula is C16H22BrN3O. The maximum absolute atomic E-state index is 6.35. The number of rotatable bonds is 3. The topological polar surface area (TPSA) is 53.1 Å². The SMILES string of the molecule is CCn1c(C(C)(C)C)nc(-c2cc(Br)ccc2OC)c1N. The number of imidazole rings is 1. The van der Waals surface area contributed by atoms with Crippen molar-refractivity contribution in [2.24, 2.45) is 0 Å². The smallest absolute Gasteiger partial charge is 0.131 e. The van der Waals surface area contributed by atoms with E-state index < -0.39 is 0 Å². The van der Waals surface area contributed by atoms with Gasteiger partial charge >= 0.3 is 0 Å². The minimum absolute atomic E-state index is 0.0678. The van der Waals surface area contributed by atoms with Crippen LogP contribution < -0.4 is 10.5 Å². The summed E-state index contributed by atoms with van der Waals surface area (Å²) in [5.41, 5.74) is 7.96. The van der Waals surface area contributed by atoms with E-state index in [0.717, 1.165) is 33.8 Å². The zero-order valence-corrected chi connectivity index (χ0v) is 14.8. The lowest BCUT2D eigenvalue weighted by Gasteiger charge is -2.19. The minimum Gasteiger partial charge on any atom is -0.496 e. The molecule has 4 nitrogen and oxygen atoms in total. The zero-order chi connectivity index (χ0) is 15.8. The Morgan fingerprint density at radius 2 is 2.00 bits per heavy atom. The number of methoxy groups -OCH3 is 1. The van der Waals surface area contributed by atoms with E-state index in [1.54, 1.807) is 7.11 Å². The summed E-state index contributed by atoms with van der Waals surface area (Å²) in [4.78, 5) is 4.81. The highest BCUT2D eigenvalue weighted by Gasteiger charge is 2.26. The van der Waals surface area contributed by atoms with Gasteiger partial charge in [0.05, 0.1) is 7.11 Å². The first-order valence-corrected chi connectivity index (χ1v) is 7.79. The Hall–Kier alpha value is -1.49. The van der Waals surface area contributed by atoms with Crippen LogP contribution >= 0.6 is 15.9 Å². The van der Waals surface area contributed by atoms with E-state index in [0.29, 0.717) is 5.82 Å². The Bertz CT molecular complexity index is 656. The predicted octanol–water partition coefficient (Wildman–Crippen LogP) is 4.22. The molecule has 0 spiro atoms. The molecular weight excluding hydrogens is 330 g/mol. The summed E-state index contributed by atoms with van der Waals surface area (Å²) in [6, 6.07) is 5.85. The molecule has 0 aliphatic carbocycles. The Morgan fingerprint density at radius 3 is 2.48 bits per heavy atom. The second-order valence-corrected chi connectivity index (χ2v) is 6.92. The van der Waals surface area contributed by atoms with E-state index in [4.69, 9.17) is 15.5 Å². The van der Waals surface area contributed by atoms with Crippen LogP contribution in [0.2, 0.25) is 0 Å². The van der Waals surface area contributed by atoms with Crippen molar-refractivity contribution in [3.05, 3.63) is 28.5 Å². The maximum atomic E-state index is 6.35. The van der Waals surface area contributed by atoms with Crippen LogP contribution in [0.15, 0.2) is 22.7 Å². The molecule has 0 atom stereocenters. The molecule has 0 amide bonds. The van der Waals surface area contributed by atoms with Crippen LogP contribution in [-0.2, 0) is 12.0 Å². The fourth-order valence-corrected chi connectivity index (χ4v) is 2.78. The van der Waals surface area contributed by atoms with Gasteiger partial charge in [0.1, 0.15) is 23.1 Å². The molecule has 1 heterocycles. The molecule has 2 N–H and O–H groups in total. The van der Waals surface area contributed by atoms with Gasteiger partial charge in [-0.25, -0.2) is 4.98 Å². The summed E-state index contributed by atoms with van der Waals surface area (Å²) < 4.78 is 8.49. The number of hydrogen-bond acceptors (Lipinski definition) is 3. The largest absolute Gasteiger partial charge is 0.496 e. The third-order valence-corrected chi connectivity index (χ3v) is 3.90. The van der Waals surface area contributed by atoms with E-state index >= 15 is 0 Å². The van der Waals surface area contributed by atoms with E-state index in [-0.39, 0.29) is 5.41 Å². The fourth-order valence-electron chi connectivity index (χ4n) is 2.42. The molecule has 1 aromatic heterocycles. The number of aromatic nitrogens is 2. The molecule has 0 aliphatic rings. The van der Waals surface area contributed by atoms with Crippen molar-refractivity contribution in [3.8, 4) is 17.0 Å². The van der Waals surface area contributed by atoms with Gasteiger partial charge in [-0.2, -0.15) is 0 Å². The number of nitrogen functional groups attached to an aromatic ring is 1. The van der Waals surface area contributed by atoms with Gasteiger partial charge in [-0.05, 0) is 25.1 Å². The number of nitrogens with zero attached hydrogens (tertiary/aromatic N) is 2. The van der Waals surface area contributed by atoms with Crippen molar-refractivity contribution in [1.29, 1.82) is 0 Å². The molecule has 0 fully saturated rings. The van der Waals surface area contributed by atoms with Gasteiger partial charge in [-0.15, -0.1) is 0 Å². The van der Waals surface area contributed by atoms with Crippen molar-refractivity contribution in [3.63, 3.8) is 0 Å². The number of anilines is 1. The Labute approximate surface area is 134 Å². The van der Waals surface area contributed by atoms with Crippen LogP contribution in [0, 0.1) is 0 Å². The first-order chi connectivity index (χ1) is 9.79. The third kappa shape index (κ3) is 2.93. The lowest BCUT2D eigenvalue weighted by molar-refractivity contribution is 0.416. The van der Waals surface area contributed by atoms with Crippen LogP contribution in [0.3, 0.4) is 0 Å². The molecule has 1 aromatic carbocycles. The van der Waals surface area contributed by atoms with Crippen LogP contribution in [0.4, 0.5) is 5.82 Å². The van der Waals surface area contributed by atoms with Crippen molar-refractivity contribution >= 4 is 21.7 Å². The molecule has 2 rings (SSSR count). The summed E-state index contributed by atoms with van der Waals surface area (Å²) in [6.07, 6.45) is 0. The van der Waals surface area contributed by atoms with Crippen molar-refractivity contribution in [1.82, 2.24) is 9.55 Å². The zero-order valence-electron chi connectivity index (χ0n) is 13.2. The molecule has 0 radical (unpaired) electrons. The van der Waals surface area contributed by atoms with Gasteiger partial charge in [-0.1, -0.05) is 36.7 Å². The van der Waals surface area contributed by atoms with Crippen molar-refractivity contribution in [2.75, 3.05) is 12.8 Å². The van der Waals surface area contributed by atoms with Gasteiger partial charge in [0.25, 0.3) is 0 Å². The van der Waals surface area contributed by atoms with E-state index in [1.807, 2.05) is 18.2 Å². The number of ether oxygens (including phenoxy) is 1. The van der Waals surface area contributed by atoms with E-state index in [1.165, 1.54) is 0 Å². The van der Waals surface area contributed by atoms with Gasteiger partial charge in [0, 0.05) is 22.0 Å². The van der Waals surface area contributed by atoms with Crippen molar-refractivity contribution in [2.45, 2.75) is 39.7 Å². The number of nitrogens with two attached hydrogens (primary N) is 1. The van der Waals surface area contributed by atoms with E-state index in [2.05, 4.69) is 48.2 Å². The first kappa shape index (κ1) is 15.9. The Balaban J connectivity index is 2.71. The minimum atomic E-state index is -0.0678. The second-order valence-electron chi connectivity index (χ2n) is 6.01. The molecule has 21 heavy (non-hydrogen) atoms. The number of hydrogen-bond donors (Lipinski definition) is 1. The van der Waals surface area contributed by atoms with Crippen LogP contribution in [0.5, 0.6) is 5.75 Å². The summed E-state index contributed by atoms with van der Waals surface area (Å²) in [7, 11) is 1.66. The highest BCUT2D eigenvalue weighted by atomic mass is 79.9. The normalized spacial score (nSPS) is 11.7. The predicted molar refractivity (Wildman–Crippen MR) is 90.7 cm³/mol. The molecule has 5 heteroatoms. The lowest BCUT2D eigenvalue weighted by atomic mass is 9.95. The molecule has 0 saturated heterocycles. The quantitative estimate of drug-likeness (QED) is 0.900. The number of benzene rings is 1. The molecule has 114 valence electrons. The van der Waals surface area contributed by atoms with Gasteiger partial charge in [0.2, 0.25) is 0 Å². The average Bonchev–Trinajstić information content (AvgIpc) is 2.75. The highest BCUT2D eigenvalue weighted by molar-refractivity contribution is 9.10. The molecule has 2 aromatic rings. The van der Waals surface area contributed by atoms with Crippen LogP contribution in [-0.4, -0.2) is 16.7 Å². The Morgan fingerprint density at radius 1 is 1.33 bits per heavy atom. The molecule has 0 saturated carbocycles. The molecule has 0 bridgehead atoms. The van der Waals surface area contributed by atoms with Gasteiger partial charge in [0.15, 0.2) is 0 Å². The summed E-state index contributed by atoms with van der Waals surface area (Å²) in [5.74, 6) is 2.43. The fraction of sp³-hybridized carbons (Fsp3) is 0.438. The summed E-state index contributed by atoms with van der Waals surface area (Å²) >= 11 is 3.50. The summed E-state index contributed by atoms with van der Waals surface area (Å²) in [6.45, 7) is 9.30. The van der Waals surface area contributed by atoms with Gasteiger partial charge in [-0.3, -0.25) is 0 Å². The first-order valence-electron chi connectivity index (χ1n) is 7.00. The average molecular weight is 352 g/mol. The lowest BCUT2D eigenvalue weighted by Crippen LogP contribution is -2.19. The second kappa shape index (κ2) is 5.72. The summed E-state index contributed by atoms with van der Waals surface area (Å²) in [5, 5.41) is 0. The maximum Gasteiger partial charge on any atom is 0.131 e. The van der Waals surface area contributed by atoms with Gasteiger partial charge < -0.3 is 15.0 Å². The van der Waals surface area contributed by atoms with Crippen molar-refractivity contribution < 1.29 is 4.74 Å². The Kier molecular flexibility index (Phi) is 4.33. The standard InChI is InChI=1S/C16H22BrN3O/c1-6-20-14(18)13(19-15(20)16(2,3)4)11-9-10(17)7-8-12(11)21-5/h7-9H,6,18H2,1-5H3. The van der Waals surface area contributed by atoms with E-state index in [9.17, 15) is 0 Å². The monoisotopic (exact) mass is 351 g/mol. The van der Waals surface area contributed by atoms with Crippen LogP contribution in [0.1, 0.15) is 33.5 Å². The molecule has 0 unspecified atom stereocenters. The van der Waals surface area contributed by atoms with Crippen LogP contribution in [0.25, 0.3) is 11.3 Å². The highest BCUT2D eigenvalue weighted by Crippen LogP contribution is 2.37. The third-order valence-electron chi connectivity index (χ3n) is 3.41.